The lowest BCUT2D eigenvalue weighted by Gasteiger charge is -2.08. The lowest BCUT2D eigenvalue weighted by Crippen LogP contribution is -2.36. The van der Waals surface area contributed by atoms with E-state index in [-0.39, 0.29) is 23.8 Å². The van der Waals surface area contributed by atoms with Gasteiger partial charge in [-0.15, -0.1) is 0 Å². The maximum atomic E-state index is 11.9. The van der Waals surface area contributed by atoms with Gasteiger partial charge in [0.2, 0.25) is 5.91 Å². The van der Waals surface area contributed by atoms with E-state index in [1.807, 2.05) is 30.3 Å². The summed E-state index contributed by atoms with van der Waals surface area (Å²) >= 11 is 3.12. The molecule has 0 aliphatic rings. The largest absolute Gasteiger partial charge is 0.444 e. The van der Waals surface area contributed by atoms with Crippen molar-refractivity contribution in [2.45, 2.75) is 13.1 Å². The van der Waals surface area contributed by atoms with E-state index < -0.39 is 5.91 Å². The average Bonchev–Trinajstić information content (AvgIpc) is 3.14. The maximum Gasteiger partial charge on any atom is 0.287 e. The minimum atomic E-state index is -0.457. The minimum absolute atomic E-state index is 0.0530. The van der Waals surface area contributed by atoms with Gasteiger partial charge in [-0.3, -0.25) is 14.4 Å². The summed E-state index contributed by atoms with van der Waals surface area (Å²) in [5.74, 6) is -0.631. The Bertz CT molecular complexity index is 1020. The highest BCUT2D eigenvalue weighted by atomic mass is 79.9. The van der Waals surface area contributed by atoms with Crippen LogP contribution < -0.4 is 16.2 Å². The van der Waals surface area contributed by atoms with Crippen LogP contribution in [0.2, 0.25) is 0 Å². The van der Waals surface area contributed by atoms with Crippen molar-refractivity contribution >= 4 is 27.7 Å². The SMILES string of the molecule is O=C(CNC(=O)c1ccc(Br)o1)NCc1ccc(Cn2ccccc2=O)cc1. The van der Waals surface area contributed by atoms with Crippen molar-refractivity contribution in [2.75, 3.05) is 6.54 Å². The van der Waals surface area contributed by atoms with E-state index in [0.717, 1.165) is 11.1 Å². The monoisotopic (exact) mass is 443 g/mol. The van der Waals surface area contributed by atoms with Crippen molar-refractivity contribution in [3.05, 3.63) is 92.7 Å². The normalized spacial score (nSPS) is 10.5. The number of benzene rings is 1. The van der Waals surface area contributed by atoms with Crippen LogP contribution in [0, 0.1) is 0 Å². The van der Waals surface area contributed by atoms with Gasteiger partial charge in [0, 0.05) is 18.8 Å². The topological polar surface area (TPSA) is 93.3 Å². The number of rotatable bonds is 7. The molecule has 0 aliphatic heterocycles. The molecule has 0 spiro atoms. The average molecular weight is 444 g/mol. The van der Waals surface area contributed by atoms with Crippen LogP contribution in [0.4, 0.5) is 0 Å². The molecule has 144 valence electrons. The van der Waals surface area contributed by atoms with Gasteiger partial charge < -0.3 is 19.6 Å². The Kier molecular flexibility index (Phi) is 6.44. The summed E-state index contributed by atoms with van der Waals surface area (Å²) in [6.07, 6.45) is 1.74. The fourth-order valence-corrected chi connectivity index (χ4v) is 2.80. The molecular weight excluding hydrogens is 426 g/mol. The van der Waals surface area contributed by atoms with E-state index in [4.69, 9.17) is 4.42 Å². The van der Waals surface area contributed by atoms with Crippen LogP contribution >= 0.6 is 15.9 Å². The lowest BCUT2D eigenvalue weighted by atomic mass is 10.1. The van der Waals surface area contributed by atoms with E-state index >= 15 is 0 Å². The van der Waals surface area contributed by atoms with Crippen LogP contribution in [0.3, 0.4) is 0 Å². The van der Waals surface area contributed by atoms with Crippen LogP contribution in [-0.4, -0.2) is 22.9 Å². The first-order chi connectivity index (χ1) is 13.5. The molecule has 2 N–H and O–H groups in total. The van der Waals surface area contributed by atoms with Gasteiger partial charge in [0.15, 0.2) is 10.4 Å². The van der Waals surface area contributed by atoms with Gasteiger partial charge in [-0.25, -0.2) is 0 Å². The predicted octanol–water partition coefficient (Wildman–Crippen LogP) is 2.30. The molecule has 0 atom stereocenters. The summed E-state index contributed by atoms with van der Waals surface area (Å²) < 4.78 is 7.19. The van der Waals surface area contributed by atoms with Gasteiger partial charge in [0.05, 0.1) is 13.1 Å². The van der Waals surface area contributed by atoms with Crippen LogP contribution in [0.5, 0.6) is 0 Å². The summed E-state index contributed by atoms with van der Waals surface area (Å²) in [5, 5.41) is 5.23. The Labute approximate surface area is 169 Å². The van der Waals surface area contributed by atoms with Gasteiger partial charge in [-0.1, -0.05) is 30.3 Å². The number of hydrogen-bond donors (Lipinski definition) is 2. The highest BCUT2D eigenvalue weighted by Crippen LogP contribution is 2.13. The summed E-state index contributed by atoms with van der Waals surface area (Å²) in [6, 6.07) is 15.8. The smallest absolute Gasteiger partial charge is 0.287 e. The van der Waals surface area contributed by atoms with Crippen molar-refractivity contribution in [1.29, 1.82) is 0 Å². The van der Waals surface area contributed by atoms with Crippen molar-refractivity contribution in [3.8, 4) is 0 Å². The van der Waals surface area contributed by atoms with Gasteiger partial charge in [0.1, 0.15) is 0 Å². The molecule has 7 nitrogen and oxygen atoms in total. The second-order valence-electron chi connectivity index (χ2n) is 6.05. The quantitative estimate of drug-likeness (QED) is 0.585. The maximum absolute atomic E-state index is 11.9. The highest BCUT2D eigenvalue weighted by Gasteiger charge is 2.11. The van der Waals surface area contributed by atoms with Gasteiger partial charge in [-0.2, -0.15) is 0 Å². The first kappa shape index (κ1) is 19.6. The standard InChI is InChI=1S/C20H18BrN3O4/c21-17-9-8-16(28-17)20(27)23-12-18(25)22-11-14-4-6-15(7-5-14)13-24-10-2-1-3-19(24)26/h1-10H,11-13H2,(H,22,25)(H,23,27). The van der Waals surface area contributed by atoms with Crippen LogP contribution in [0.1, 0.15) is 21.7 Å². The van der Waals surface area contributed by atoms with Crippen molar-refractivity contribution < 1.29 is 14.0 Å². The molecule has 3 aromatic rings. The number of carbonyl (C=O) groups is 2. The van der Waals surface area contributed by atoms with E-state index in [9.17, 15) is 14.4 Å². The Hall–Kier alpha value is -3.13. The lowest BCUT2D eigenvalue weighted by molar-refractivity contribution is -0.120. The van der Waals surface area contributed by atoms with Gasteiger partial charge >= 0.3 is 0 Å². The number of hydrogen-bond acceptors (Lipinski definition) is 4. The molecule has 0 fully saturated rings. The minimum Gasteiger partial charge on any atom is -0.444 e. The van der Waals surface area contributed by atoms with Crippen LogP contribution in [0.15, 0.2) is 74.7 Å². The molecule has 1 aromatic carbocycles. The molecule has 28 heavy (non-hydrogen) atoms. The molecule has 0 aliphatic carbocycles. The number of pyridine rings is 1. The highest BCUT2D eigenvalue weighted by molar-refractivity contribution is 9.10. The van der Waals surface area contributed by atoms with E-state index in [1.165, 1.54) is 12.1 Å². The van der Waals surface area contributed by atoms with Crippen molar-refractivity contribution in [1.82, 2.24) is 15.2 Å². The number of furan rings is 1. The van der Waals surface area contributed by atoms with E-state index in [2.05, 4.69) is 26.6 Å². The van der Waals surface area contributed by atoms with E-state index in [1.54, 1.807) is 22.9 Å². The zero-order valence-corrected chi connectivity index (χ0v) is 16.4. The molecule has 0 unspecified atom stereocenters. The van der Waals surface area contributed by atoms with Crippen LogP contribution in [0.25, 0.3) is 0 Å². The molecule has 2 amide bonds. The van der Waals surface area contributed by atoms with Crippen molar-refractivity contribution in [3.63, 3.8) is 0 Å². The third kappa shape index (κ3) is 5.43. The van der Waals surface area contributed by atoms with Crippen LogP contribution in [-0.2, 0) is 17.9 Å². The molecular formula is C20H18BrN3O4. The first-order valence-corrected chi connectivity index (χ1v) is 9.34. The number of aromatic nitrogens is 1. The second kappa shape index (κ2) is 9.18. The molecule has 0 bridgehead atoms. The Balaban J connectivity index is 1.45. The zero-order chi connectivity index (χ0) is 19.9. The zero-order valence-electron chi connectivity index (χ0n) is 14.9. The number of amides is 2. The number of nitrogens with zero attached hydrogens (tertiary/aromatic N) is 1. The molecule has 0 saturated heterocycles. The number of halogens is 1. The summed E-state index contributed by atoms with van der Waals surface area (Å²) in [6.45, 7) is 0.681. The fraction of sp³-hybridized carbons (Fsp3) is 0.150. The Morgan fingerprint density at radius 1 is 0.964 bits per heavy atom. The molecule has 2 aromatic heterocycles. The number of carbonyl (C=O) groups excluding carboxylic acids is 2. The molecule has 8 heteroatoms. The predicted molar refractivity (Wildman–Crippen MR) is 107 cm³/mol. The first-order valence-electron chi connectivity index (χ1n) is 8.55. The second-order valence-corrected chi connectivity index (χ2v) is 6.83. The van der Waals surface area contributed by atoms with E-state index in [0.29, 0.717) is 17.8 Å². The fourth-order valence-electron chi connectivity index (χ4n) is 2.50. The summed E-state index contributed by atoms with van der Waals surface area (Å²) in [4.78, 5) is 35.5. The Morgan fingerprint density at radius 2 is 1.71 bits per heavy atom. The molecule has 0 radical (unpaired) electrons. The molecule has 0 saturated carbocycles. The summed E-state index contributed by atoms with van der Waals surface area (Å²) in [7, 11) is 0. The van der Waals surface area contributed by atoms with Crippen molar-refractivity contribution in [2.24, 2.45) is 0 Å². The molecule has 3 rings (SSSR count). The molecule has 2 heterocycles. The van der Waals surface area contributed by atoms with Gasteiger partial charge in [0.25, 0.3) is 11.5 Å². The third-order valence-corrected chi connectivity index (χ3v) is 4.40. The van der Waals surface area contributed by atoms with Gasteiger partial charge in [-0.05, 0) is 45.3 Å². The Morgan fingerprint density at radius 3 is 2.39 bits per heavy atom. The number of nitrogens with one attached hydrogen (secondary N) is 2. The third-order valence-electron chi connectivity index (χ3n) is 3.97. The summed E-state index contributed by atoms with van der Waals surface area (Å²) in [5.41, 5.74) is 1.85.